The molecule has 5 nitrogen and oxygen atoms in total. The van der Waals surface area contributed by atoms with Crippen molar-refractivity contribution in [1.82, 2.24) is 5.32 Å². The lowest BCUT2D eigenvalue weighted by atomic mass is 9.95. The second-order valence-corrected chi connectivity index (χ2v) is 4.61. The summed E-state index contributed by atoms with van der Waals surface area (Å²) in [4.78, 5) is 11.2. The van der Waals surface area contributed by atoms with E-state index in [1.165, 1.54) is 13.2 Å². The monoisotopic (exact) mass is 265 g/mol. The van der Waals surface area contributed by atoms with Crippen LogP contribution in [0.15, 0.2) is 12.1 Å². The molecule has 0 bridgehead atoms. The molecule has 2 rings (SSSR count). The highest BCUT2D eigenvalue weighted by molar-refractivity contribution is 5.89. The first-order valence-electron chi connectivity index (χ1n) is 6.40. The van der Waals surface area contributed by atoms with Gasteiger partial charge in [-0.3, -0.25) is 0 Å². The molecule has 19 heavy (non-hydrogen) atoms. The largest absolute Gasteiger partial charge is 0.493 e. The second kappa shape index (κ2) is 5.93. The number of benzene rings is 1. The number of aromatic carboxylic acids is 1. The predicted octanol–water partition coefficient (Wildman–Crippen LogP) is 2.22. The summed E-state index contributed by atoms with van der Waals surface area (Å²) >= 11 is 0. The van der Waals surface area contributed by atoms with Crippen LogP contribution < -0.4 is 14.8 Å². The van der Waals surface area contributed by atoms with E-state index in [4.69, 9.17) is 9.47 Å². The van der Waals surface area contributed by atoms with Gasteiger partial charge in [-0.2, -0.15) is 0 Å². The van der Waals surface area contributed by atoms with E-state index >= 15 is 0 Å². The van der Waals surface area contributed by atoms with Gasteiger partial charge in [-0.15, -0.1) is 0 Å². The summed E-state index contributed by atoms with van der Waals surface area (Å²) in [7, 11) is 3.09. The van der Waals surface area contributed by atoms with Crippen LogP contribution in [0, 0.1) is 0 Å². The summed E-state index contributed by atoms with van der Waals surface area (Å²) < 4.78 is 10.6. The molecule has 0 radical (unpaired) electrons. The van der Waals surface area contributed by atoms with Crippen molar-refractivity contribution in [2.24, 2.45) is 0 Å². The Morgan fingerprint density at radius 2 is 2.11 bits per heavy atom. The third kappa shape index (κ3) is 2.81. The Bertz CT molecular complexity index is 467. The van der Waals surface area contributed by atoms with Crippen LogP contribution in [0.3, 0.4) is 0 Å². The average molecular weight is 265 g/mol. The highest BCUT2D eigenvalue weighted by atomic mass is 16.5. The summed E-state index contributed by atoms with van der Waals surface area (Å²) in [6, 6.07) is 3.29. The van der Waals surface area contributed by atoms with E-state index in [1.807, 2.05) is 0 Å². The summed E-state index contributed by atoms with van der Waals surface area (Å²) in [6.45, 7) is 0.938. The fourth-order valence-corrected chi connectivity index (χ4v) is 2.49. The molecule has 0 aromatic heterocycles. The van der Waals surface area contributed by atoms with E-state index in [0.29, 0.717) is 11.5 Å². The lowest BCUT2D eigenvalue weighted by Gasteiger charge is -2.26. The molecule has 1 aliphatic rings. The number of rotatable bonds is 4. The van der Waals surface area contributed by atoms with E-state index in [9.17, 15) is 9.90 Å². The van der Waals surface area contributed by atoms with Crippen LogP contribution in [0.4, 0.5) is 0 Å². The van der Waals surface area contributed by atoms with Crippen molar-refractivity contribution in [1.29, 1.82) is 0 Å². The highest BCUT2D eigenvalue weighted by Gasteiger charge is 2.23. The Labute approximate surface area is 112 Å². The number of nitrogens with one attached hydrogen (secondary N) is 1. The van der Waals surface area contributed by atoms with Crippen molar-refractivity contribution in [3.05, 3.63) is 23.3 Å². The first kappa shape index (κ1) is 13.7. The number of piperidine rings is 1. The Morgan fingerprint density at radius 1 is 1.32 bits per heavy atom. The minimum atomic E-state index is -0.960. The number of ether oxygens (including phenoxy) is 2. The standard InChI is InChI=1S/C14H19NO4/c1-18-12-8-9(14(16)17)7-10(13(12)19-2)11-5-3-4-6-15-11/h7-8,11,15H,3-6H2,1-2H3,(H,16,17). The minimum Gasteiger partial charge on any atom is -0.493 e. The van der Waals surface area contributed by atoms with Gasteiger partial charge in [0.15, 0.2) is 11.5 Å². The molecule has 104 valence electrons. The van der Waals surface area contributed by atoms with Gasteiger partial charge >= 0.3 is 5.97 Å². The number of methoxy groups -OCH3 is 2. The van der Waals surface area contributed by atoms with Gasteiger partial charge in [0.05, 0.1) is 19.8 Å². The number of carbonyl (C=O) groups is 1. The molecular weight excluding hydrogens is 246 g/mol. The molecule has 0 spiro atoms. The van der Waals surface area contributed by atoms with Crippen molar-refractivity contribution in [2.75, 3.05) is 20.8 Å². The highest BCUT2D eigenvalue weighted by Crippen LogP contribution is 2.38. The van der Waals surface area contributed by atoms with E-state index in [2.05, 4.69) is 5.32 Å². The van der Waals surface area contributed by atoms with Crippen LogP contribution in [0.5, 0.6) is 11.5 Å². The first-order chi connectivity index (χ1) is 9.17. The SMILES string of the molecule is COc1cc(C(=O)O)cc(C2CCCCN2)c1OC. The van der Waals surface area contributed by atoms with Crippen molar-refractivity contribution < 1.29 is 19.4 Å². The van der Waals surface area contributed by atoms with Crippen molar-refractivity contribution in [3.63, 3.8) is 0 Å². The number of hydrogen-bond donors (Lipinski definition) is 2. The lowest BCUT2D eigenvalue weighted by molar-refractivity contribution is 0.0696. The molecule has 1 aromatic rings. The van der Waals surface area contributed by atoms with Crippen LogP contribution in [-0.2, 0) is 0 Å². The molecular formula is C14H19NO4. The molecule has 1 fully saturated rings. The number of hydrogen-bond acceptors (Lipinski definition) is 4. The molecule has 1 unspecified atom stereocenters. The molecule has 5 heteroatoms. The first-order valence-corrected chi connectivity index (χ1v) is 6.40. The molecule has 1 atom stereocenters. The molecule has 0 saturated carbocycles. The topological polar surface area (TPSA) is 67.8 Å². The Kier molecular flexibility index (Phi) is 4.27. The average Bonchev–Trinajstić information content (AvgIpc) is 2.46. The summed E-state index contributed by atoms with van der Waals surface area (Å²) in [5.41, 5.74) is 1.08. The minimum absolute atomic E-state index is 0.122. The molecule has 0 amide bonds. The number of carboxylic acids is 1. The van der Waals surface area contributed by atoms with E-state index in [0.717, 1.165) is 31.4 Å². The molecule has 2 N–H and O–H groups in total. The quantitative estimate of drug-likeness (QED) is 0.873. The van der Waals surface area contributed by atoms with Crippen molar-refractivity contribution in [3.8, 4) is 11.5 Å². The summed E-state index contributed by atoms with van der Waals surface area (Å²) in [6.07, 6.45) is 3.25. The van der Waals surface area contributed by atoms with Gasteiger partial charge in [-0.25, -0.2) is 4.79 Å². The fourth-order valence-electron chi connectivity index (χ4n) is 2.49. The third-order valence-electron chi connectivity index (χ3n) is 3.44. The van der Waals surface area contributed by atoms with Gasteiger partial charge in [0, 0.05) is 11.6 Å². The zero-order chi connectivity index (χ0) is 13.8. The van der Waals surface area contributed by atoms with Gasteiger partial charge in [-0.05, 0) is 31.5 Å². The van der Waals surface area contributed by atoms with E-state index in [1.54, 1.807) is 13.2 Å². The Morgan fingerprint density at radius 3 is 2.63 bits per heavy atom. The Balaban J connectivity index is 2.48. The molecule has 0 aliphatic carbocycles. The van der Waals surface area contributed by atoms with Gasteiger partial charge in [-0.1, -0.05) is 6.42 Å². The normalized spacial score (nSPS) is 18.9. The molecule has 1 aliphatic heterocycles. The fraction of sp³-hybridized carbons (Fsp3) is 0.500. The predicted molar refractivity (Wildman–Crippen MR) is 71.1 cm³/mol. The summed E-state index contributed by atoms with van der Waals surface area (Å²) in [5, 5.41) is 12.6. The van der Waals surface area contributed by atoms with Gasteiger partial charge < -0.3 is 19.9 Å². The second-order valence-electron chi connectivity index (χ2n) is 4.61. The van der Waals surface area contributed by atoms with Crippen molar-refractivity contribution in [2.45, 2.75) is 25.3 Å². The summed E-state index contributed by atoms with van der Waals surface area (Å²) in [5.74, 6) is 0.120. The molecule has 1 heterocycles. The van der Waals surface area contributed by atoms with Crippen LogP contribution in [0.2, 0.25) is 0 Å². The zero-order valence-corrected chi connectivity index (χ0v) is 11.2. The smallest absolute Gasteiger partial charge is 0.335 e. The third-order valence-corrected chi connectivity index (χ3v) is 3.44. The van der Waals surface area contributed by atoms with Crippen molar-refractivity contribution >= 4 is 5.97 Å². The van der Waals surface area contributed by atoms with Crippen LogP contribution in [-0.4, -0.2) is 31.8 Å². The maximum absolute atomic E-state index is 11.2. The van der Waals surface area contributed by atoms with Gasteiger partial charge in [0.1, 0.15) is 0 Å². The van der Waals surface area contributed by atoms with Crippen LogP contribution in [0.25, 0.3) is 0 Å². The zero-order valence-electron chi connectivity index (χ0n) is 11.2. The maximum Gasteiger partial charge on any atom is 0.335 e. The Hall–Kier alpha value is -1.75. The lowest BCUT2D eigenvalue weighted by Crippen LogP contribution is -2.27. The van der Waals surface area contributed by atoms with Crippen LogP contribution in [0.1, 0.15) is 41.2 Å². The van der Waals surface area contributed by atoms with E-state index in [-0.39, 0.29) is 11.6 Å². The molecule has 1 saturated heterocycles. The van der Waals surface area contributed by atoms with E-state index < -0.39 is 5.97 Å². The van der Waals surface area contributed by atoms with Crippen LogP contribution >= 0.6 is 0 Å². The molecule has 1 aromatic carbocycles. The van der Waals surface area contributed by atoms with Gasteiger partial charge in [0.2, 0.25) is 0 Å². The maximum atomic E-state index is 11.2. The number of carboxylic acid groups (broad SMARTS) is 1. The van der Waals surface area contributed by atoms with Gasteiger partial charge in [0.25, 0.3) is 0 Å².